The number of carbonyl (C=O) groups excluding carboxylic acids is 4. The van der Waals surface area contributed by atoms with Gasteiger partial charge in [-0.2, -0.15) is 0 Å². The molecule has 0 aliphatic carbocycles. The fourth-order valence-electron chi connectivity index (χ4n) is 11.7. The van der Waals surface area contributed by atoms with Crippen LogP contribution in [-0.2, 0) is 65.4 Å². The van der Waals surface area contributed by atoms with Crippen LogP contribution >= 0.6 is 15.6 Å². The second kappa shape index (κ2) is 71.5. The molecule has 3 unspecified atom stereocenters. The molecule has 0 bridgehead atoms. The molecule has 0 saturated heterocycles. The van der Waals surface area contributed by atoms with Crippen LogP contribution < -0.4 is 0 Å². The Morgan fingerprint density at radius 1 is 0.327 bits per heavy atom. The van der Waals surface area contributed by atoms with Gasteiger partial charge in [0, 0.05) is 25.7 Å². The standard InChI is InChI=1S/C79H150O17P2/c1-6-10-13-16-19-22-25-27-29-34-38-43-48-53-58-63-77(82)90-69-75(96-79(84)65-60-55-50-45-40-36-32-31-33-37-41-46-51-56-61-72(5)9-4)71-94-98(87,88)92-67-73(80)66-91-97(85,86)93-70-74(68-89-76(81)62-57-52-47-42-24-21-18-15-12-8-3)95-78(83)64-59-54-49-44-39-35-30-28-26-23-20-17-14-11-7-2/h22,25,27,29,72-75,80H,6-21,23-24,26,28,30-71H2,1-5H3,(H,85,86)(H,87,88)/b25-22-,29-27-/t72?,73-,74+,75+/m0/s1. The zero-order chi connectivity index (χ0) is 71.9. The van der Waals surface area contributed by atoms with Gasteiger partial charge in [0.1, 0.15) is 19.3 Å². The zero-order valence-electron chi connectivity index (χ0n) is 63.4. The van der Waals surface area contributed by atoms with Crippen molar-refractivity contribution in [3.63, 3.8) is 0 Å². The van der Waals surface area contributed by atoms with E-state index in [9.17, 15) is 43.2 Å². The summed E-state index contributed by atoms with van der Waals surface area (Å²) in [5, 5.41) is 10.6. The molecule has 0 aromatic carbocycles. The Kier molecular flexibility index (Phi) is 69.7. The second-order valence-corrected chi connectivity index (χ2v) is 30.9. The third-order valence-electron chi connectivity index (χ3n) is 18.3. The monoisotopic (exact) mass is 1430 g/mol. The lowest BCUT2D eigenvalue weighted by molar-refractivity contribution is -0.161. The van der Waals surface area contributed by atoms with Crippen LogP contribution in [0, 0.1) is 5.92 Å². The highest BCUT2D eigenvalue weighted by Gasteiger charge is 2.30. The Labute approximate surface area is 599 Å². The number of carbonyl (C=O) groups is 4. The van der Waals surface area contributed by atoms with Gasteiger partial charge < -0.3 is 33.8 Å². The summed E-state index contributed by atoms with van der Waals surface area (Å²) in [7, 11) is -9.93. The maximum absolute atomic E-state index is 13.1. The zero-order valence-corrected chi connectivity index (χ0v) is 65.2. The summed E-state index contributed by atoms with van der Waals surface area (Å²) in [6.45, 7) is 7.30. The first-order valence-electron chi connectivity index (χ1n) is 40.5. The lowest BCUT2D eigenvalue weighted by Crippen LogP contribution is -2.30. The van der Waals surface area contributed by atoms with Gasteiger partial charge in [0.05, 0.1) is 26.4 Å². The fourth-order valence-corrected chi connectivity index (χ4v) is 13.2. The van der Waals surface area contributed by atoms with Crippen molar-refractivity contribution < 1.29 is 80.2 Å². The van der Waals surface area contributed by atoms with Crippen LogP contribution in [0.5, 0.6) is 0 Å². The van der Waals surface area contributed by atoms with Gasteiger partial charge in [-0.15, -0.1) is 0 Å². The van der Waals surface area contributed by atoms with Crippen molar-refractivity contribution >= 4 is 39.5 Å². The first kappa shape index (κ1) is 95.5. The molecule has 0 aliphatic heterocycles. The normalized spacial score (nSPS) is 14.3. The van der Waals surface area contributed by atoms with Gasteiger partial charge in [0.2, 0.25) is 0 Å². The number of allylic oxidation sites excluding steroid dienone is 4. The minimum atomic E-state index is -4.97. The quantitative estimate of drug-likeness (QED) is 0.0169. The lowest BCUT2D eigenvalue weighted by Gasteiger charge is -2.21. The number of hydrogen-bond donors (Lipinski definition) is 3. The smallest absolute Gasteiger partial charge is 0.462 e. The summed E-state index contributed by atoms with van der Waals surface area (Å²) in [5.41, 5.74) is 0. The predicted molar refractivity (Wildman–Crippen MR) is 400 cm³/mol. The van der Waals surface area contributed by atoms with E-state index in [1.807, 2.05) is 0 Å². The molecular formula is C79H150O17P2. The summed E-state index contributed by atoms with van der Waals surface area (Å²) < 4.78 is 68.6. The topological polar surface area (TPSA) is 237 Å². The highest BCUT2D eigenvalue weighted by Crippen LogP contribution is 2.45. The van der Waals surface area contributed by atoms with Crippen LogP contribution in [0.15, 0.2) is 24.3 Å². The highest BCUT2D eigenvalue weighted by atomic mass is 31.2. The van der Waals surface area contributed by atoms with Crippen molar-refractivity contribution in [2.24, 2.45) is 5.92 Å². The summed E-state index contributed by atoms with van der Waals surface area (Å²) in [6, 6.07) is 0. The molecule has 0 aromatic heterocycles. The van der Waals surface area contributed by atoms with E-state index in [-0.39, 0.29) is 25.7 Å². The van der Waals surface area contributed by atoms with E-state index in [2.05, 4.69) is 58.9 Å². The molecule has 3 N–H and O–H groups in total. The molecule has 0 saturated carbocycles. The van der Waals surface area contributed by atoms with Gasteiger partial charge in [-0.3, -0.25) is 37.3 Å². The molecule has 19 heteroatoms. The lowest BCUT2D eigenvalue weighted by atomic mass is 9.99. The van der Waals surface area contributed by atoms with E-state index in [0.29, 0.717) is 25.7 Å². The van der Waals surface area contributed by atoms with Crippen LogP contribution in [0.25, 0.3) is 0 Å². The number of rotatable bonds is 77. The van der Waals surface area contributed by atoms with Crippen LogP contribution in [0.3, 0.4) is 0 Å². The molecule has 6 atom stereocenters. The van der Waals surface area contributed by atoms with E-state index >= 15 is 0 Å². The van der Waals surface area contributed by atoms with Gasteiger partial charge >= 0.3 is 39.5 Å². The van der Waals surface area contributed by atoms with E-state index in [0.717, 1.165) is 115 Å². The number of phosphoric acid groups is 2. The highest BCUT2D eigenvalue weighted by molar-refractivity contribution is 7.47. The molecule has 0 aliphatic rings. The molecule has 0 rings (SSSR count). The van der Waals surface area contributed by atoms with Gasteiger partial charge in [0.15, 0.2) is 12.2 Å². The van der Waals surface area contributed by atoms with Crippen LogP contribution in [0.2, 0.25) is 0 Å². The SMILES string of the molecule is CCCCCC/C=C\C=C/CCCCCCCC(=O)OC[C@H](COP(=O)(O)OC[C@@H](O)COP(=O)(O)OC[C@@H](COC(=O)CCCCCCCCCCCC)OC(=O)CCCCCCCCCCCCCCCCC)OC(=O)CCCCCCCCCCCCCCCCC(C)CC. The molecule has 0 fully saturated rings. The van der Waals surface area contributed by atoms with Crippen molar-refractivity contribution in [3.05, 3.63) is 24.3 Å². The Balaban J connectivity index is 5.28. The minimum Gasteiger partial charge on any atom is -0.462 e. The maximum atomic E-state index is 13.1. The Morgan fingerprint density at radius 3 is 0.867 bits per heavy atom. The first-order chi connectivity index (χ1) is 47.6. The van der Waals surface area contributed by atoms with Crippen molar-refractivity contribution in [1.29, 1.82) is 0 Å². The average Bonchev–Trinajstić information content (AvgIpc) is 1.73. The predicted octanol–water partition coefficient (Wildman–Crippen LogP) is 23.2. The molecule has 578 valence electrons. The van der Waals surface area contributed by atoms with Crippen LogP contribution in [-0.4, -0.2) is 96.7 Å². The molecule has 0 spiro atoms. The molecule has 98 heavy (non-hydrogen) atoms. The summed E-state index contributed by atoms with van der Waals surface area (Å²) in [4.78, 5) is 72.9. The van der Waals surface area contributed by atoms with Gasteiger partial charge in [-0.1, -0.05) is 341 Å². The van der Waals surface area contributed by atoms with E-state index in [4.69, 9.17) is 37.0 Å². The van der Waals surface area contributed by atoms with E-state index < -0.39 is 97.5 Å². The molecule has 0 heterocycles. The molecule has 17 nitrogen and oxygen atoms in total. The van der Waals surface area contributed by atoms with Crippen molar-refractivity contribution in [2.75, 3.05) is 39.6 Å². The number of esters is 4. The van der Waals surface area contributed by atoms with Crippen LogP contribution in [0.1, 0.15) is 394 Å². The maximum Gasteiger partial charge on any atom is 0.472 e. The fraction of sp³-hybridized carbons (Fsp3) is 0.899. The van der Waals surface area contributed by atoms with Crippen LogP contribution in [0.4, 0.5) is 0 Å². The van der Waals surface area contributed by atoms with Crippen molar-refractivity contribution in [3.8, 4) is 0 Å². The molecule has 0 radical (unpaired) electrons. The van der Waals surface area contributed by atoms with Crippen molar-refractivity contribution in [2.45, 2.75) is 412 Å². The Bertz CT molecular complexity index is 1970. The average molecular weight is 1430 g/mol. The second-order valence-electron chi connectivity index (χ2n) is 28.0. The van der Waals surface area contributed by atoms with Gasteiger partial charge in [0.25, 0.3) is 0 Å². The van der Waals surface area contributed by atoms with Gasteiger partial charge in [-0.25, -0.2) is 9.13 Å². The molecule has 0 amide bonds. The molecular weight excluding hydrogens is 1280 g/mol. The Morgan fingerprint density at radius 2 is 0.571 bits per heavy atom. The van der Waals surface area contributed by atoms with E-state index in [1.165, 1.54) is 199 Å². The number of unbranched alkanes of at least 4 members (excludes halogenated alkanes) is 45. The molecule has 0 aromatic rings. The Hall–Kier alpha value is -2.46. The van der Waals surface area contributed by atoms with E-state index in [1.54, 1.807) is 0 Å². The third kappa shape index (κ3) is 70.6. The number of ether oxygens (including phenoxy) is 4. The number of hydrogen-bond acceptors (Lipinski definition) is 15. The first-order valence-corrected chi connectivity index (χ1v) is 43.5. The van der Waals surface area contributed by atoms with Crippen molar-refractivity contribution in [1.82, 2.24) is 0 Å². The number of aliphatic hydroxyl groups excluding tert-OH is 1. The number of aliphatic hydroxyl groups is 1. The number of phosphoric ester groups is 2. The third-order valence-corrected chi connectivity index (χ3v) is 20.2. The largest absolute Gasteiger partial charge is 0.472 e. The summed E-state index contributed by atoms with van der Waals surface area (Å²) in [6.07, 6.45) is 64.4. The van der Waals surface area contributed by atoms with Gasteiger partial charge in [-0.05, 0) is 57.3 Å². The minimum absolute atomic E-state index is 0.101. The summed E-state index contributed by atoms with van der Waals surface area (Å²) in [5.74, 6) is -1.30. The summed E-state index contributed by atoms with van der Waals surface area (Å²) >= 11 is 0.